The molecule has 3 nitrogen and oxygen atoms in total. The lowest BCUT2D eigenvalue weighted by Gasteiger charge is -2.40. The maximum Gasteiger partial charge on any atom is 0.203 e. The van der Waals surface area contributed by atoms with Gasteiger partial charge in [0.2, 0.25) is 5.90 Å². The largest absolute Gasteiger partial charge is 0.476 e. The van der Waals surface area contributed by atoms with E-state index in [0.29, 0.717) is 18.6 Å². The molecule has 2 fully saturated rings. The summed E-state index contributed by atoms with van der Waals surface area (Å²) in [5, 5.41) is 2.80. The fourth-order valence-corrected chi connectivity index (χ4v) is 9.40. The van der Waals surface area contributed by atoms with Crippen molar-refractivity contribution >= 4 is 24.6 Å². The molecule has 4 aromatic carbocycles. The van der Waals surface area contributed by atoms with E-state index >= 15 is 0 Å². The van der Waals surface area contributed by atoms with Gasteiger partial charge in [-0.15, -0.1) is 0 Å². The molecule has 0 N–H and O–H groups in total. The van der Waals surface area contributed by atoms with Gasteiger partial charge in [0, 0.05) is 14.1 Å². The van der Waals surface area contributed by atoms with Gasteiger partial charge in [-0.25, -0.2) is 4.99 Å². The van der Waals surface area contributed by atoms with Crippen LogP contribution in [-0.2, 0) is 10.3 Å². The average molecular weight is 503 g/mol. The second kappa shape index (κ2) is 9.56. The number of hydrogen-bond acceptors (Lipinski definition) is 3. The van der Waals surface area contributed by atoms with Gasteiger partial charge in [0.25, 0.3) is 0 Å². The summed E-state index contributed by atoms with van der Waals surface area (Å²) in [6.45, 7) is 0.548. The number of fused-ring (bicyclic) bond motifs is 2. The molecule has 3 atom stereocenters. The quantitative estimate of drug-likeness (QED) is 0.291. The van der Waals surface area contributed by atoms with Gasteiger partial charge in [0.05, 0.1) is 6.04 Å². The molecular formula is C33H31N2OP. The van der Waals surface area contributed by atoms with Gasteiger partial charge in [0.15, 0.2) is 0 Å². The van der Waals surface area contributed by atoms with Crippen LogP contribution in [0.4, 0.5) is 0 Å². The van der Waals surface area contributed by atoms with Crippen LogP contribution >= 0.6 is 8.07 Å². The first-order chi connectivity index (χ1) is 18.3. The van der Waals surface area contributed by atoms with E-state index in [1.807, 2.05) is 0 Å². The van der Waals surface area contributed by atoms with Crippen molar-refractivity contribution in [3.8, 4) is 0 Å². The summed E-state index contributed by atoms with van der Waals surface area (Å²) in [5.41, 5.74) is 1.88. The molecule has 2 aliphatic heterocycles. The molecule has 0 spiro atoms. The maximum atomic E-state index is 6.69. The van der Waals surface area contributed by atoms with Gasteiger partial charge in [-0.1, -0.05) is 121 Å². The van der Waals surface area contributed by atoms with E-state index in [9.17, 15) is 0 Å². The third kappa shape index (κ3) is 3.93. The zero-order valence-electron chi connectivity index (χ0n) is 20.9. The summed E-state index contributed by atoms with van der Waals surface area (Å²) in [6, 6.07) is 44.3. The van der Waals surface area contributed by atoms with Crippen LogP contribution in [0.15, 0.2) is 126 Å². The summed E-state index contributed by atoms with van der Waals surface area (Å²) in [5.74, 6) is 1.52. The van der Waals surface area contributed by atoms with Crippen molar-refractivity contribution in [1.82, 2.24) is 4.67 Å². The van der Waals surface area contributed by atoms with E-state index in [2.05, 4.69) is 126 Å². The minimum Gasteiger partial charge on any atom is -0.476 e. The monoisotopic (exact) mass is 502 g/mol. The van der Waals surface area contributed by atoms with Crippen LogP contribution in [0, 0.1) is 5.92 Å². The van der Waals surface area contributed by atoms with E-state index < -0.39 is 13.6 Å². The van der Waals surface area contributed by atoms with E-state index in [0.717, 1.165) is 5.90 Å². The molecule has 0 amide bonds. The second-order valence-electron chi connectivity index (χ2n) is 10.4. The van der Waals surface area contributed by atoms with Crippen molar-refractivity contribution < 1.29 is 4.74 Å². The van der Waals surface area contributed by atoms with Gasteiger partial charge >= 0.3 is 0 Å². The standard InChI is InChI=1S/C33H31N2OP/c1-5-13-26(14-6-1)33(27-15-7-2-8-16-27)24-36-32(34-33)31-25-21-22-28(23-25)35(31)37(29-17-9-3-10-18-29)30-19-11-4-12-20-30/h1-20,25,28,31H,21-24H2/t25-,28+,31-/m1/s1. The molecule has 0 unspecified atom stereocenters. The first-order valence-corrected chi connectivity index (χ1v) is 14.6. The second-order valence-corrected chi connectivity index (χ2v) is 12.5. The molecule has 0 radical (unpaired) electrons. The highest BCUT2D eigenvalue weighted by molar-refractivity contribution is 7.70. The Hall–Kier alpha value is -3.26. The molecule has 2 bridgehead atoms. The van der Waals surface area contributed by atoms with Crippen LogP contribution in [0.2, 0.25) is 0 Å². The van der Waals surface area contributed by atoms with Crippen molar-refractivity contribution in [3.05, 3.63) is 132 Å². The Bertz CT molecular complexity index is 1300. The zero-order chi connectivity index (χ0) is 24.7. The Kier molecular flexibility index (Phi) is 5.92. The molecule has 3 aliphatic rings. The molecule has 184 valence electrons. The van der Waals surface area contributed by atoms with Gasteiger partial charge in [-0.3, -0.25) is 4.67 Å². The van der Waals surface area contributed by atoms with E-state index in [1.54, 1.807) is 0 Å². The van der Waals surface area contributed by atoms with Gasteiger partial charge in [-0.05, 0) is 46.9 Å². The minimum atomic E-state index is -0.689. The average Bonchev–Trinajstić information content (AvgIpc) is 3.72. The Morgan fingerprint density at radius 2 is 1.19 bits per heavy atom. The van der Waals surface area contributed by atoms with Crippen molar-refractivity contribution in [2.45, 2.75) is 36.9 Å². The van der Waals surface area contributed by atoms with Crippen LogP contribution in [0.1, 0.15) is 30.4 Å². The SMILES string of the molecule is c1ccc(P(c2ccccc2)N2[C@H]3CC[C@H](C3)[C@@H]2C2=NC(c3ccccc3)(c3ccccc3)CO2)cc1. The minimum absolute atomic E-state index is 0.208. The predicted molar refractivity (Wildman–Crippen MR) is 153 cm³/mol. The molecule has 1 saturated heterocycles. The Labute approximate surface area is 220 Å². The molecular weight excluding hydrogens is 471 g/mol. The fraction of sp³-hybridized carbons (Fsp3) is 0.242. The molecule has 7 rings (SSSR count). The molecule has 2 heterocycles. The molecule has 4 aromatic rings. The zero-order valence-corrected chi connectivity index (χ0v) is 21.8. The highest BCUT2D eigenvalue weighted by Crippen LogP contribution is 2.55. The van der Waals surface area contributed by atoms with E-state index in [1.165, 1.54) is 41.0 Å². The number of hydrogen-bond donors (Lipinski definition) is 0. The number of piperidine rings is 1. The lowest BCUT2D eigenvalue weighted by atomic mass is 9.84. The van der Waals surface area contributed by atoms with Gasteiger partial charge in [-0.2, -0.15) is 0 Å². The Morgan fingerprint density at radius 3 is 1.73 bits per heavy atom. The Morgan fingerprint density at radius 1 is 0.676 bits per heavy atom. The van der Waals surface area contributed by atoms with E-state index in [-0.39, 0.29) is 6.04 Å². The van der Waals surface area contributed by atoms with E-state index in [4.69, 9.17) is 9.73 Å². The number of ether oxygens (including phenoxy) is 1. The van der Waals surface area contributed by atoms with Crippen LogP contribution in [0.5, 0.6) is 0 Å². The highest BCUT2D eigenvalue weighted by Gasteiger charge is 2.54. The molecule has 0 aromatic heterocycles. The molecule has 37 heavy (non-hydrogen) atoms. The fourth-order valence-electron chi connectivity index (χ4n) is 6.59. The number of nitrogens with zero attached hydrogens (tertiary/aromatic N) is 2. The Balaban J connectivity index is 1.35. The van der Waals surface area contributed by atoms with Crippen LogP contribution < -0.4 is 10.6 Å². The molecule has 1 aliphatic carbocycles. The van der Waals surface area contributed by atoms with Gasteiger partial charge in [0.1, 0.15) is 12.1 Å². The lowest BCUT2D eigenvalue weighted by molar-refractivity contribution is 0.236. The summed E-state index contributed by atoms with van der Waals surface area (Å²) < 4.78 is 9.49. The third-order valence-corrected chi connectivity index (χ3v) is 10.9. The lowest BCUT2D eigenvalue weighted by Crippen LogP contribution is -2.46. The number of aliphatic imine (C=N–C) groups is 1. The topological polar surface area (TPSA) is 24.8 Å². The maximum absolute atomic E-state index is 6.69. The summed E-state index contributed by atoms with van der Waals surface area (Å²) >= 11 is 0. The van der Waals surface area contributed by atoms with Crippen LogP contribution in [0.25, 0.3) is 0 Å². The van der Waals surface area contributed by atoms with Crippen molar-refractivity contribution in [1.29, 1.82) is 0 Å². The van der Waals surface area contributed by atoms with Crippen molar-refractivity contribution in [2.75, 3.05) is 6.61 Å². The summed E-state index contributed by atoms with van der Waals surface area (Å²) in [4.78, 5) is 5.54. The number of benzene rings is 4. The first kappa shape index (κ1) is 22.9. The molecule has 4 heteroatoms. The third-order valence-electron chi connectivity index (χ3n) is 8.27. The van der Waals surface area contributed by atoms with Crippen LogP contribution in [-0.4, -0.2) is 29.3 Å². The summed E-state index contributed by atoms with van der Waals surface area (Å²) in [7, 11) is -0.689. The number of rotatable bonds is 6. The first-order valence-electron chi connectivity index (χ1n) is 13.4. The predicted octanol–water partition coefficient (Wildman–Crippen LogP) is 6.26. The van der Waals surface area contributed by atoms with Gasteiger partial charge < -0.3 is 4.74 Å². The van der Waals surface area contributed by atoms with Crippen LogP contribution in [0.3, 0.4) is 0 Å². The smallest absolute Gasteiger partial charge is 0.203 e. The van der Waals surface area contributed by atoms with Crippen molar-refractivity contribution in [3.63, 3.8) is 0 Å². The normalized spacial score (nSPS) is 24.2. The van der Waals surface area contributed by atoms with Crippen molar-refractivity contribution in [2.24, 2.45) is 10.9 Å². The molecule has 1 saturated carbocycles. The highest BCUT2D eigenvalue weighted by atomic mass is 31.1. The summed E-state index contributed by atoms with van der Waals surface area (Å²) in [6.07, 6.45) is 3.75.